The van der Waals surface area contributed by atoms with Crippen LogP contribution in [0, 0.1) is 0 Å². The van der Waals surface area contributed by atoms with Gasteiger partial charge >= 0.3 is 5.97 Å². The van der Waals surface area contributed by atoms with Gasteiger partial charge in [0, 0.05) is 4.47 Å². The molecule has 0 bridgehead atoms. The van der Waals surface area contributed by atoms with Crippen LogP contribution in [0.5, 0.6) is 5.75 Å². The number of rotatable bonds is 6. The summed E-state index contributed by atoms with van der Waals surface area (Å²) in [5.74, 6) is 0.295. The molecule has 0 heterocycles. The molecule has 1 atom stereocenters. The van der Waals surface area contributed by atoms with Gasteiger partial charge in [0.1, 0.15) is 12.4 Å². The van der Waals surface area contributed by atoms with Crippen LogP contribution in [0.3, 0.4) is 0 Å². The van der Waals surface area contributed by atoms with E-state index in [2.05, 4.69) is 15.9 Å². The van der Waals surface area contributed by atoms with E-state index in [9.17, 15) is 4.79 Å². The number of esters is 1. The monoisotopic (exact) mass is 302 g/mol. The zero-order valence-electron chi connectivity index (χ0n) is 9.81. The molecule has 0 radical (unpaired) electrons. The Kier molecular flexibility index (Phi) is 6.00. The maximum atomic E-state index is 11.0. The first kappa shape index (κ1) is 14.0. The van der Waals surface area contributed by atoms with Crippen molar-refractivity contribution >= 4 is 21.9 Å². The molecule has 1 unspecified atom stereocenters. The van der Waals surface area contributed by atoms with E-state index in [1.165, 1.54) is 0 Å². The lowest BCUT2D eigenvalue weighted by Gasteiger charge is -2.14. The van der Waals surface area contributed by atoms with Gasteiger partial charge in [-0.1, -0.05) is 15.9 Å². The van der Waals surface area contributed by atoms with Crippen molar-refractivity contribution in [2.24, 2.45) is 0 Å². The van der Waals surface area contributed by atoms with E-state index >= 15 is 0 Å². The van der Waals surface area contributed by atoms with Crippen molar-refractivity contribution in [2.45, 2.75) is 20.1 Å². The van der Waals surface area contributed by atoms with Gasteiger partial charge in [0.25, 0.3) is 0 Å². The highest BCUT2D eigenvalue weighted by molar-refractivity contribution is 9.10. The molecule has 1 aromatic carbocycles. The topological polar surface area (TPSA) is 44.8 Å². The molecule has 0 fully saturated rings. The summed E-state index contributed by atoms with van der Waals surface area (Å²) in [4.78, 5) is 11.0. The minimum Gasteiger partial charge on any atom is -0.465 e. The van der Waals surface area contributed by atoms with Gasteiger partial charge in [-0.2, -0.15) is 0 Å². The minimum absolute atomic E-state index is 0.106. The SMILES string of the molecule is CCOC(=O)COC(C)Oc1ccc(Br)cc1. The molecule has 0 aliphatic carbocycles. The van der Waals surface area contributed by atoms with Gasteiger partial charge in [0.05, 0.1) is 6.61 Å². The number of carbonyl (C=O) groups excluding carboxylic acids is 1. The lowest BCUT2D eigenvalue weighted by Crippen LogP contribution is -2.22. The van der Waals surface area contributed by atoms with E-state index in [0.717, 1.165) is 4.47 Å². The molecule has 1 rings (SSSR count). The second-order valence-corrected chi connectivity index (χ2v) is 4.17. The van der Waals surface area contributed by atoms with Gasteiger partial charge in [0.15, 0.2) is 6.29 Å². The van der Waals surface area contributed by atoms with Gasteiger partial charge in [-0.05, 0) is 38.1 Å². The molecular formula is C12H15BrO4. The van der Waals surface area contributed by atoms with Crippen molar-refractivity contribution in [1.82, 2.24) is 0 Å². The Morgan fingerprint density at radius 2 is 2.00 bits per heavy atom. The Hall–Kier alpha value is -1.07. The van der Waals surface area contributed by atoms with Gasteiger partial charge in [-0.25, -0.2) is 4.79 Å². The molecule has 0 aliphatic heterocycles. The third-order valence-electron chi connectivity index (χ3n) is 1.86. The highest BCUT2D eigenvalue weighted by atomic mass is 79.9. The zero-order chi connectivity index (χ0) is 12.7. The average molecular weight is 303 g/mol. The smallest absolute Gasteiger partial charge is 0.332 e. The first-order valence-electron chi connectivity index (χ1n) is 5.31. The quantitative estimate of drug-likeness (QED) is 0.599. The summed E-state index contributed by atoms with van der Waals surface area (Å²) >= 11 is 3.33. The van der Waals surface area contributed by atoms with Gasteiger partial charge in [-0.3, -0.25) is 0 Å². The number of hydrogen-bond donors (Lipinski definition) is 0. The Morgan fingerprint density at radius 1 is 1.35 bits per heavy atom. The Bertz CT molecular complexity index is 350. The second kappa shape index (κ2) is 7.29. The van der Waals surface area contributed by atoms with Crippen LogP contribution in [-0.4, -0.2) is 25.5 Å². The van der Waals surface area contributed by atoms with E-state index in [-0.39, 0.29) is 6.61 Å². The Morgan fingerprint density at radius 3 is 2.59 bits per heavy atom. The van der Waals surface area contributed by atoms with Crippen LogP contribution in [-0.2, 0) is 14.3 Å². The average Bonchev–Trinajstić information content (AvgIpc) is 2.30. The second-order valence-electron chi connectivity index (χ2n) is 3.26. The fourth-order valence-electron chi connectivity index (χ4n) is 1.13. The standard InChI is InChI=1S/C12H15BrO4/c1-3-15-12(14)8-16-9(2)17-11-6-4-10(13)5-7-11/h4-7,9H,3,8H2,1-2H3. The number of carbonyl (C=O) groups is 1. The summed E-state index contributed by atoms with van der Waals surface area (Å²) in [6.45, 7) is 3.72. The van der Waals surface area contributed by atoms with E-state index in [4.69, 9.17) is 14.2 Å². The van der Waals surface area contributed by atoms with E-state index < -0.39 is 12.3 Å². The van der Waals surface area contributed by atoms with Crippen LogP contribution in [0.2, 0.25) is 0 Å². The first-order chi connectivity index (χ1) is 8.11. The highest BCUT2D eigenvalue weighted by Gasteiger charge is 2.08. The molecule has 4 nitrogen and oxygen atoms in total. The lowest BCUT2D eigenvalue weighted by molar-refractivity contribution is -0.157. The Labute approximate surface area is 109 Å². The molecule has 0 aliphatic rings. The molecule has 5 heteroatoms. The fraction of sp³-hybridized carbons (Fsp3) is 0.417. The van der Waals surface area contributed by atoms with Gasteiger partial charge in [-0.15, -0.1) is 0 Å². The van der Waals surface area contributed by atoms with Crippen molar-refractivity contribution in [3.63, 3.8) is 0 Å². The summed E-state index contributed by atoms with van der Waals surface area (Å²) < 4.78 is 16.3. The first-order valence-corrected chi connectivity index (χ1v) is 6.10. The van der Waals surface area contributed by atoms with Crippen LogP contribution in [0.1, 0.15) is 13.8 Å². The van der Waals surface area contributed by atoms with Crippen molar-refractivity contribution in [3.8, 4) is 5.75 Å². The molecule has 0 spiro atoms. The number of hydrogen-bond acceptors (Lipinski definition) is 4. The predicted octanol–water partition coefficient (Wildman–Crippen LogP) is 2.75. The summed E-state index contributed by atoms with van der Waals surface area (Å²) in [6.07, 6.45) is -0.499. The van der Waals surface area contributed by atoms with Crippen LogP contribution < -0.4 is 4.74 Å². The third-order valence-corrected chi connectivity index (χ3v) is 2.39. The zero-order valence-corrected chi connectivity index (χ0v) is 11.4. The number of benzene rings is 1. The van der Waals surface area contributed by atoms with Crippen molar-refractivity contribution in [3.05, 3.63) is 28.7 Å². The maximum Gasteiger partial charge on any atom is 0.332 e. The van der Waals surface area contributed by atoms with Crippen LogP contribution in [0.15, 0.2) is 28.7 Å². The fourth-order valence-corrected chi connectivity index (χ4v) is 1.39. The number of halogens is 1. The van der Waals surface area contributed by atoms with Gasteiger partial charge < -0.3 is 14.2 Å². The van der Waals surface area contributed by atoms with Crippen molar-refractivity contribution in [2.75, 3.05) is 13.2 Å². The van der Waals surface area contributed by atoms with Crippen LogP contribution in [0.25, 0.3) is 0 Å². The molecule has 0 amide bonds. The summed E-state index contributed by atoms with van der Waals surface area (Å²) in [5.41, 5.74) is 0. The molecule has 0 saturated carbocycles. The molecule has 94 valence electrons. The maximum absolute atomic E-state index is 11.0. The molecule has 0 saturated heterocycles. The summed E-state index contributed by atoms with van der Waals surface area (Å²) in [7, 11) is 0. The molecule has 17 heavy (non-hydrogen) atoms. The van der Waals surface area contributed by atoms with E-state index in [1.54, 1.807) is 13.8 Å². The van der Waals surface area contributed by atoms with Crippen molar-refractivity contribution in [1.29, 1.82) is 0 Å². The number of ether oxygens (including phenoxy) is 3. The highest BCUT2D eigenvalue weighted by Crippen LogP contribution is 2.17. The third kappa shape index (κ3) is 5.70. The lowest BCUT2D eigenvalue weighted by atomic mass is 10.3. The van der Waals surface area contributed by atoms with Gasteiger partial charge in [0.2, 0.25) is 0 Å². The molecular weight excluding hydrogens is 288 g/mol. The summed E-state index contributed by atoms with van der Waals surface area (Å²) in [6, 6.07) is 7.36. The molecule has 0 aromatic heterocycles. The van der Waals surface area contributed by atoms with E-state index in [1.807, 2.05) is 24.3 Å². The summed E-state index contributed by atoms with van der Waals surface area (Å²) in [5, 5.41) is 0. The van der Waals surface area contributed by atoms with E-state index in [0.29, 0.717) is 12.4 Å². The largest absolute Gasteiger partial charge is 0.465 e. The predicted molar refractivity (Wildman–Crippen MR) is 66.8 cm³/mol. The minimum atomic E-state index is -0.499. The van der Waals surface area contributed by atoms with Crippen LogP contribution in [0.4, 0.5) is 0 Å². The molecule has 1 aromatic rings. The van der Waals surface area contributed by atoms with Crippen LogP contribution >= 0.6 is 15.9 Å². The normalized spacial score (nSPS) is 11.9. The molecule has 0 N–H and O–H groups in total. The van der Waals surface area contributed by atoms with Crippen molar-refractivity contribution < 1.29 is 19.0 Å². The Balaban J connectivity index is 2.31.